The molecule has 0 aliphatic heterocycles. The number of ether oxygens (including phenoxy) is 3. The van der Waals surface area contributed by atoms with Crippen LogP contribution in [0.25, 0.3) is 0 Å². The van der Waals surface area contributed by atoms with Gasteiger partial charge < -0.3 is 19.1 Å². The Morgan fingerprint density at radius 3 is 1.96 bits per heavy atom. The van der Waals surface area contributed by atoms with Crippen LogP contribution in [0.5, 0.6) is 5.75 Å². The van der Waals surface area contributed by atoms with Gasteiger partial charge in [-0.15, -0.1) is 0 Å². The molecule has 7 heteroatoms. The van der Waals surface area contributed by atoms with Crippen LogP contribution in [-0.4, -0.2) is 50.1 Å². The molecule has 0 unspecified atom stereocenters. The Kier molecular flexibility index (Phi) is 7.14. The van der Waals surface area contributed by atoms with Crippen LogP contribution in [0.15, 0.2) is 48.5 Å². The second kappa shape index (κ2) is 9.55. The van der Waals surface area contributed by atoms with Gasteiger partial charge in [-0.1, -0.05) is 30.3 Å². The van der Waals surface area contributed by atoms with Crippen molar-refractivity contribution >= 4 is 17.8 Å². The number of amides is 1. The minimum absolute atomic E-state index is 0.123. The number of rotatable bonds is 7. The quantitative estimate of drug-likeness (QED) is 0.682. The molecular weight excluding hydrogens is 362 g/mol. The second-order valence-corrected chi connectivity index (χ2v) is 6.17. The van der Waals surface area contributed by atoms with E-state index in [1.807, 2.05) is 30.3 Å². The SMILES string of the molecule is COC(=O)c1cc(O[C@H](C)C(=O)N(C)Cc2ccccc2)cc(C(=O)OC)c1. The molecule has 1 atom stereocenters. The topological polar surface area (TPSA) is 82.1 Å². The standard InChI is InChI=1S/C21H23NO6/c1-14(19(23)22(2)13-15-8-6-5-7-9-15)28-18-11-16(20(24)26-3)10-17(12-18)21(25)27-4/h5-12,14H,13H2,1-4H3/t14-/m1/s1. The molecule has 7 nitrogen and oxygen atoms in total. The molecular formula is C21H23NO6. The Morgan fingerprint density at radius 1 is 0.929 bits per heavy atom. The van der Waals surface area contributed by atoms with E-state index in [9.17, 15) is 14.4 Å². The predicted molar refractivity (Wildman–Crippen MR) is 102 cm³/mol. The lowest BCUT2D eigenvalue weighted by Gasteiger charge is -2.22. The normalized spacial score (nSPS) is 11.3. The number of nitrogens with zero attached hydrogens (tertiary/aromatic N) is 1. The molecule has 0 radical (unpaired) electrons. The van der Waals surface area contributed by atoms with Gasteiger partial charge in [-0.3, -0.25) is 4.79 Å². The number of hydrogen-bond acceptors (Lipinski definition) is 6. The first-order valence-corrected chi connectivity index (χ1v) is 8.63. The van der Waals surface area contributed by atoms with Gasteiger partial charge in [0.25, 0.3) is 5.91 Å². The van der Waals surface area contributed by atoms with Crippen molar-refractivity contribution in [3.8, 4) is 5.75 Å². The van der Waals surface area contributed by atoms with E-state index >= 15 is 0 Å². The zero-order valence-corrected chi connectivity index (χ0v) is 16.3. The van der Waals surface area contributed by atoms with Gasteiger partial charge in [-0.05, 0) is 30.7 Å². The minimum atomic E-state index is -0.827. The summed E-state index contributed by atoms with van der Waals surface area (Å²) < 4.78 is 15.1. The Labute approximate surface area is 163 Å². The zero-order valence-electron chi connectivity index (χ0n) is 16.3. The predicted octanol–water partition coefficient (Wildman–Crippen LogP) is 2.69. The van der Waals surface area contributed by atoms with Crippen LogP contribution in [0.3, 0.4) is 0 Å². The molecule has 0 heterocycles. The Bertz CT molecular complexity index is 815. The van der Waals surface area contributed by atoms with Crippen LogP contribution < -0.4 is 4.74 Å². The van der Waals surface area contributed by atoms with Crippen LogP contribution in [-0.2, 0) is 20.8 Å². The fraction of sp³-hybridized carbons (Fsp3) is 0.286. The third kappa shape index (κ3) is 5.33. The number of carbonyl (C=O) groups excluding carboxylic acids is 3. The first kappa shape index (κ1) is 21.0. The number of benzene rings is 2. The Morgan fingerprint density at radius 2 is 1.46 bits per heavy atom. The van der Waals surface area contributed by atoms with E-state index in [2.05, 4.69) is 0 Å². The molecule has 0 bridgehead atoms. The van der Waals surface area contributed by atoms with Crippen molar-refractivity contribution in [3.63, 3.8) is 0 Å². The fourth-order valence-electron chi connectivity index (χ4n) is 2.64. The van der Waals surface area contributed by atoms with Crippen LogP contribution in [0, 0.1) is 0 Å². The molecule has 0 spiro atoms. The fourth-order valence-corrected chi connectivity index (χ4v) is 2.64. The van der Waals surface area contributed by atoms with Crippen molar-refractivity contribution in [2.75, 3.05) is 21.3 Å². The maximum Gasteiger partial charge on any atom is 0.338 e. The first-order chi connectivity index (χ1) is 13.3. The highest BCUT2D eigenvalue weighted by molar-refractivity contribution is 5.96. The molecule has 0 fully saturated rings. The molecule has 0 aromatic heterocycles. The highest BCUT2D eigenvalue weighted by Crippen LogP contribution is 2.21. The van der Waals surface area contributed by atoms with Crippen LogP contribution in [0.1, 0.15) is 33.2 Å². The lowest BCUT2D eigenvalue weighted by molar-refractivity contribution is -0.137. The van der Waals surface area contributed by atoms with Crippen LogP contribution >= 0.6 is 0 Å². The summed E-state index contributed by atoms with van der Waals surface area (Å²) in [6, 6.07) is 13.7. The summed E-state index contributed by atoms with van der Waals surface area (Å²) in [7, 11) is 4.15. The monoisotopic (exact) mass is 385 g/mol. The van der Waals surface area contributed by atoms with Gasteiger partial charge in [0.05, 0.1) is 25.3 Å². The summed E-state index contributed by atoms with van der Waals surface area (Å²) in [5.74, 6) is -1.31. The van der Waals surface area contributed by atoms with E-state index in [1.165, 1.54) is 32.4 Å². The first-order valence-electron chi connectivity index (χ1n) is 8.63. The summed E-state index contributed by atoms with van der Waals surface area (Å²) >= 11 is 0. The molecule has 2 aromatic rings. The lowest BCUT2D eigenvalue weighted by atomic mass is 10.1. The van der Waals surface area contributed by atoms with Crippen molar-refractivity contribution in [3.05, 3.63) is 65.2 Å². The van der Waals surface area contributed by atoms with E-state index in [4.69, 9.17) is 14.2 Å². The van der Waals surface area contributed by atoms with Gasteiger partial charge in [0.15, 0.2) is 6.10 Å². The zero-order chi connectivity index (χ0) is 20.7. The molecule has 2 rings (SSSR count). The van der Waals surface area contributed by atoms with Crippen LogP contribution in [0.2, 0.25) is 0 Å². The number of likely N-dealkylation sites (N-methyl/N-ethyl adjacent to an activating group) is 1. The highest BCUT2D eigenvalue weighted by atomic mass is 16.5. The number of esters is 2. The number of hydrogen-bond donors (Lipinski definition) is 0. The van der Waals surface area contributed by atoms with Gasteiger partial charge in [0.2, 0.25) is 0 Å². The molecule has 2 aromatic carbocycles. The van der Waals surface area contributed by atoms with Crippen molar-refractivity contribution in [2.24, 2.45) is 0 Å². The van der Waals surface area contributed by atoms with Crippen molar-refractivity contribution in [1.82, 2.24) is 4.90 Å². The second-order valence-electron chi connectivity index (χ2n) is 6.17. The maximum atomic E-state index is 12.6. The van der Waals surface area contributed by atoms with Gasteiger partial charge in [0, 0.05) is 13.6 Å². The van der Waals surface area contributed by atoms with E-state index < -0.39 is 18.0 Å². The molecule has 0 saturated carbocycles. The molecule has 148 valence electrons. The molecule has 28 heavy (non-hydrogen) atoms. The van der Waals surface area contributed by atoms with E-state index in [0.29, 0.717) is 6.54 Å². The van der Waals surface area contributed by atoms with Gasteiger partial charge in [-0.25, -0.2) is 9.59 Å². The molecule has 0 saturated heterocycles. The number of carbonyl (C=O) groups is 3. The summed E-state index contributed by atoms with van der Waals surface area (Å²) in [6.07, 6.45) is -0.827. The summed E-state index contributed by atoms with van der Waals surface area (Å²) in [4.78, 5) is 37.9. The van der Waals surface area contributed by atoms with Crippen molar-refractivity contribution in [2.45, 2.75) is 19.6 Å². The van der Waals surface area contributed by atoms with E-state index in [-0.39, 0.29) is 22.8 Å². The third-order valence-electron chi connectivity index (χ3n) is 4.05. The minimum Gasteiger partial charge on any atom is -0.481 e. The highest BCUT2D eigenvalue weighted by Gasteiger charge is 2.21. The van der Waals surface area contributed by atoms with Crippen molar-refractivity contribution in [1.29, 1.82) is 0 Å². The van der Waals surface area contributed by atoms with E-state index in [0.717, 1.165) is 5.56 Å². The Balaban J connectivity index is 2.17. The summed E-state index contributed by atoms with van der Waals surface area (Å²) in [5.41, 5.74) is 1.24. The maximum absolute atomic E-state index is 12.6. The third-order valence-corrected chi connectivity index (χ3v) is 4.05. The molecule has 0 aliphatic rings. The molecule has 0 N–H and O–H groups in total. The average Bonchev–Trinajstić information content (AvgIpc) is 2.72. The average molecular weight is 385 g/mol. The number of methoxy groups -OCH3 is 2. The van der Waals surface area contributed by atoms with Gasteiger partial charge in [-0.2, -0.15) is 0 Å². The molecule has 0 aliphatic carbocycles. The lowest BCUT2D eigenvalue weighted by Crippen LogP contribution is -2.37. The summed E-state index contributed by atoms with van der Waals surface area (Å²) in [6.45, 7) is 2.04. The largest absolute Gasteiger partial charge is 0.481 e. The van der Waals surface area contributed by atoms with Crippen LogP contribution in [0.4, 0.5) is 0 Å². The van der Waals surface area contributed by atoms with Gasteiger partial charge in [0.1, 0.15) is 5.75 Å². The smallest absolute Gasteiger partial charge is 0.338 e. The van der Waals surface area contributed by atoms with Crippen molar-refractivity contribution < 1.29 is 28.6 Å². The van der Waals surface area contributed by atoms with E-state index in [1.54, 1.807) is 18.9 Å². The Hall–Kier alpha value is -3.35. The van der Waals surface area contributed by atoms with Gasteiger partial charge >= 0.3 is 11.9 Å². The summed E-state index contributed by atoms with van der Waals surface area (Å²) in [5, 5.41) is 0. The molecule has 1 amide bonds.